The van der Waals surface area contributed by atoms with Crippen molar-refractivity contribution in [2.24, 2.45) is 5.41 Å². The van der Waals surface area contributed by atoms with Crippen molar-refractivity contribution in [3.8, 4) is 0 Å². The Morgan fingerprint density at radius 3 is 1.70 bits per heavy atom. The van der Waals surface area contributed by atoms with Crippen LogP contribution in [0.1, 0.15) is 91.2 Å². The third kappa shape index (κ3) is 12.2. The van der Waals surface area contributed by atoms with E-state index in [0.717, 1.165) is 12.1 Å². The lowest BCUT2D eigenvalue weighted by atomic mass is 9.70. The van der Waals surface area contributed by atoms with Gasteiger partial charge in [0.2, 0.25) is 17.5 Å². The number of likely N-dealkylation sites (N-methyl/N-ethyl adjacent to an activating group) is 1. The van der Waals surface area contributed by atoms with Crippen LogP contribution in [0.2, 0.25) is 0 Å². The molecule has 0 saturated heterocycles. The van der Waals surface area contributed by atoms with Gasteiger partial charge in [-0.2, -0.15) is 46.7 Å². The zero-order valence-corrected chi connectivity index (χ0v) is 48.3. The number of benzene rings is 4. The fraction of sp³-hybridized carbons (Fsp3) is 0.385. The van der Waals surface area contributed by atoms with Crippen molar-refractivity contribution in [3.05, 3.63) is 107 Å². The van der Waals surface area contributed by atoms with Gasteiger partial charge >= 0.3 is 5.97 Å². The number of aliphatic carboxylic acids is 1. The first-order valence-corrected chi connectivity index (χ1v) is 32.3. The molecule has 4 aromatic carbocycles. The number of hydrogen-bond donors (Lipinski definition) is 8. The lowest BCUT2D eigenvalue weighted by Gasteiger charge is -2.35. The average molecular weight is 1210 g/mol. The van der Waals surface area contributed by atoms with Gasteiger partial charge in [-0.15, -0.1) is 0 Å². The van der Waals surface area contributed by atoms with Crippen LogP contribution in [0.4, 0.5) is 11.4 Å². The number of hydrogen-bond acceptors (Lipinski definition) is 14. The molecule has 2 amide bonds. The van der Waals surface area contributed by atoms with E-state index in [1.807, 2.05) is 23.3 Å². The molecule has 1 atom stereocenters. The Morgan fingerprint density at radius 1 is 0.637 bits per heavy atom. The van der Waals surface area contributed by atoms with Crippen molar-refractivity contribution in [1.82, 2.24) is 10.6 Å². The highest BCUT2D eigenvalue weighted by Crippen LogP contribution is 2.52. The molecule has 0 saturated carbocycles. The molecule has 28 heteroatoms. The highest BCUT2D eigenvalue weighted by Gasteiger charge is 2.50. The molecule has 7 rings (SSSR count). The summed E-state index contributed by atoms with van der Waals surface area (Å²) in [4.78, 5) is 39.5. The van der Waals surface area contributed by atoms with Gasteiger partial charge in [0.25, 0.3) is 50.6 Å². The molecule has 0 fully saturated rings. The van der Waals surface area contributed by atoms with Gasteiger partial charge in [0.05, 0.1) is 21.0 Å². The number of nitrogens with one attached hydrogen (secondary N) is 2. The minimum Gasteiger partial charge on any atom is -0.481 e. The van der Waals surface area contributed by atoms with Gasteiger partial charge in [0, 0.05) is 71.3 Å². The molecule has 0 radical (unpaired) electrons. The summed E-state index contributed by atoms with van der Waals surface area (Å²) in [7, 11) is -24.8. The van der Waals surface area contributed by atoms with Gasteiger partial charge < -0.3 is 20.6 Å². The van der Waals surface area contributed by atoms with Crippen LogP contribution in [-0.2, 0) is 75.8 Å². The summed E-state index contributed by atoms with van der Waals surface area (Å²) in [5.74, 6) is -3.62. The largest absolute Gasteiger partial charge is 0.481 e. The van der Waals surface area contributed by atoms with Crippen molar-refractivity contribution in [2.75, 3.05) is 36.8 Å². The maximum atomic E-state index is 14.8. The molecule has 23 nitrogen and oxygen atoms in total. The Hall–Kier alpha value is -6.21. The summed E-state index contributed by atoms with van der Waals surface area (Å²) >= 11 is 0. The number of carbonyl (C=O) groups is 3. The third-order valence-corrected chi connectivity index (χ3v) is 18.9. The van der Waals surface area contributed by atoms with E-state index in [2.05, 4.69) is 10.6 Å². The number of carboxylic acid groups (broad SMARTS) is 1. The number of rotatable bonds is 20. The number of fused-ring (bicyclic) bond motifs is 6. The number of anilines is 1. The molecule has 1 unspecified atom stereocenters. The Labute approximate surface area is 463 Å². The number of nitrogens with zero attached hydrogens (tertiary/aromatic N) is 2. The summed E-state index contributed by atoms with van der Waals surface area (Å²) in [6.45, 7) is 10.7. The summed E-state index contributed by atoms with van der Waals surface area (Å²) in [5, 5.41) is 14.5. The van der Waals surface area contributed by atoms with Crippen LogP contribution in [-0.4, -0.2) is 130 Å². The standard InChI is InChI=1S/C52H60N4O19S5/c1-7-55-39-17-15-35-37(25-33(77(64,65)66)27-41(35)79(70,71)72)46(39)50(3,4)43(55)19-13-31-24-32(30-52(29-31,49(60)54-22-23-76(61,62)63)48(59)53-21-11-9-10-12-45(57)58)14-20-44-51(5,6)47-38-26-34(78(67,68)69)28-42(80(73,74)75)36(38)16-18-40(47)56(44)8-2/h13-20,24-28H,7-12,21-23,29-30H2,1-6H3,(H7-,53,54,57,58,59,60,61,62,63,64,65,66,67,68,69,70,71,72,73,74,75)/p+1. The third-order valence-electron chi connectivity index (χ3n) is 14.7. The van der Waals surface area contributed by atoms with Gasteiger partial charge in [-0.1, -0.05) is 44.6 Å². The highest BCUT2D eigenvalue weighted by molar-refractivity contribution is 7.87. The minimum absolute atomic E-state index is 0.00330. The average Bonchev–Trinajstić information content (AvgIpc) is 3.71. The van der Waals surface area contributed by atoms with Crippen LogP contribution in [0.15, 0.2) is 115 Å². The predicted octanol–water partition coefficient (Wildman–Crippen LogP) is 6.03. The maximum Gasteiger partial charge on any atom is 0.303 e. The first-order chi connectivity index (χ1) is 36.9. The van der Waals surface area contributed by atoms with Crippen molar-refractivity contribution in [2.45, 2.75) is 110 Å². The topological polar surface area (TPSA) is 374 Å². The lowest BCUT2D eigenvalue weighted by Crippen LogP contribution is -2.53. The number of carbonyl (C=O) groups excluding carboxylic acids is 2. The second-order valence-corrected chi connectivity index (χ2v) is 28.0. The van der Waals surface area contributed by atoms with E-state index in [-0.39, 0.29) is 60.4 Å². The van der Waals surface area contributed by atoms with Crippen LogP contribution < -0.4 is 15.5 Å². The fourth-order valence-corrected chi connectivity index (χ4v) is 14.2. The zero-order chi connectivity index (χ0) is 59.5. The number of carboxylic acids is 1. The van der Waals surface area contributed by atoms with E-state index in [1.165, 1.54) is 12.1 Å². The summed E-state index contributed by atoms with van der Waals surface area (Å²) in [6, 6.07) is 9.50. The van der Waals surface area contributed by atoms with Gasteiger partial charge in [-0.3, -0.25) is 37.1 Å². The van der Waals surface area contributed by atoms with Crippen LogP contribution in [0.25, 0.3) is 21.5 Å². The Bertz CT molecular complexity index is 4070. The minimum atomic E-state index is -5.05. The van der Waals surface area contributed by atoms with E-state index in [0.29, 0.717) is 76.5 Å². The van der Waals surface area contributed by atoms with Gasteiger partial charge in [-0.25, -0.2) is 0 Å². The van der Waals surface area contributed by atoms with Crippen LogP contribution in [0.5, 0.6) is 0 Å². The van der Waals surface area contributed by atoms with E-state index < -0.39 is 116 Å². The number of unbranched alkanes of at least 4 members (excludes halogenated alkanes) is 2. The molecular weight excluding hydrogens is 1140 g/mol. The van der Waals surface area contributed by atoms with E-state index in [9.17, 15) is 79.2 Å². The first kappa shape index (κ1) is 61.4. The monoisotopic (exact) mass is 1210 g/mol. The molecule has 4 aromatic rings. The zero-order valence-electron chi connectivity index (χ0n) is 44.2. The molecule has 0 aromatic heterocycles. The van der Waals surface area contributed by atoms with E-state index in [1.54, 1.807) is 70.2 Å². The fourth-order valence-electron chi connectivity index (χ4n) is 11.2. The molecule has 3 aliphatic rings. The summed E-state index contributed by atoms with van der Waals surface area (Å²) in [6.07, 6.45) is 8.65. The molecule has 2 heterocycles. The molecule has 80 heavy (non-hydrogen) atoms. The van der Waals surface area contributed by atoms with Crippen molar-refractivity contribution >= 4 is 107 Å². The quantitative estimate of drug-likeness (QED) is 0.0217. The Kier molecular flexibility index (Phi) is 16.8. The molecular formula is C52H61N4O19S5+. The van der Waals surface area contributed by atoms with Crippen molar-refractivity contribution in [1.29, 1.82) is 0 Å². The molecule has 432 valence electrons. The van der Waals surface area contributed by atoms with Gasteiger partial charge in [0.15, 0.2) is 5.71 Å². The second kappa shape index (κ2) is 21.9. The molecule has 1 aliphatic carbocycles. The lowest BCUT2D eigenvalue weighted by molar-refractivity contribution is -0.433. The molecule has 0 spiro atoms. The normalized spacial score (nSPS) is 19.5. The predicted molar refractivity (Wildman–Crippen MR) is 295 cm³/mol. The smallest absolute Gasteiger partial charge is 0.303 e. The maximum absolute atomic E-state index is 14.8. The SMILES string of the molecule is CCN1/C(=C/C=C2C=C(/C=C/C3=[N+](CC)c4ccc5c(S(=O)(=O)O)cc(S(=O)(=O)O)cc5c4C3(C)C)CC(C(=O)NCCCCCC(=O)O)(C(=O)NCCS(=O)(=O)O)C/2)C(C)(C)c2c1ccc1c(S(=O)(=O)O)cc(S(=O)(=O)O)cc21. The van der Waals surface area contributed by atoms with Crippen LogP contribution in [0, 0.1) is 5.41 Å². The van der Waals surface area contributed by atoms with Crippen molar-refractivity contribution < 1.29 is 88.9 Å². The molecule has 2 aliphatic heterocycles. The van der Waals surface area contributed by atoms with E-state index in [4.69, 9.17) is 5.11 Å². The van der Waals surface area contributed by atoms with Crippen LogP contribution >= 0.6 is 0 Å². The molecule has 0 bridgehead atoms. The number of allylic oxidation sites excluding steroid dienone is 8. The summed E-state index contributed by atoms with van der Waals surface area (Å²) in [5.41, 5.74) is -0.614. The first-order valence-electron chi connectivity index (χ1n) is 25.0. The second-order valence-electron chi connectivity index (χ2n) is 20.8. The van der Waals surface area contributed by atoms with Crippen LogP contribution in [0.3, 0.4) is 0 Å². The van der Waals surface area contributed by atoms with E-state index >= 15 is 0 Å². The highest BCUT2D eigenvalue weighted by atomic mass is 32.2. The summed E-state index contributed by atoms with van der Waals surface area (Å²) < 4.78 is 177. The van der Waals surface area contributed by atoms with Crippen molar-refractivity contribution in [3.63, 3.8) is 0 Å². The van der Waals surface area contributed by atoms with Gasteiger partial charge in [-0.05, 0) is 123 Å². The Balaban J connectivity index is 1.42. The Morgan fingerprint density at radius 2 is 1.19 bits per heavy atom. The van der Waals surface area contributed by atoms with Gasteiger partial charge in [0.1, 0.15) is 21.8 Å². The molecule has 8 N–H and O–H groups in total. The number of amides is 2.